The van der Waals surface area contributed by atoms with Gasteiger partial charge in [0.05, 0.1) is 12.1 Å². The SMILES string of the molecule is O[C@@H]1CCC[C@H]1Nc1ccc(Br)cn1. The Morgan fingerprint density at radius 1 is 1.43 bits per heavy atom. The molecule has 0 bridgehead atoms. The largest absolute Gasteiger partial charge is 0.391 e. The third-order valence-corrected chi connectivity index (χ3v) is 3.01. The van der Waals surface area contributed by atoms with Crippen molar-refractivity contribution >= 4 is 21.7 Å². The molecule has 3 nitrogen and oxygen atoms in total. The standard InChI is InChI=1S/C10H13BrN2O/c11-7-4-5-10(12-6-7)13-8-2-1-3-9(8)14/h4-6,8-9,14H,1-3H2,(H,12,13)/t8-,9-/m1/s1. The molecule has 1 aliphatic carbocycles. The summed E-state index contributed by atoms with van der Waals surface area (Å²) >= 11 is 3.33. The second-order valence-electron chi connectivity index (χ2n) is 3.61. The lowest BCUT2D eigenvalue weighted by Crippen LogP contribution is -2.28. The van der Waals surface area contributed by atoms with Crippen LogP contribution in [0.1, 0.15) is 19.3 Å². The van der Waals surface area contributed by atoms with Crippen molar-refractivity contribution in [3.05, 3.63) is 22.8 Å². The number of nitrogens with zero attached hydrogens (tertiary/aromatic N) is 1. The van der Waals surface area contributed by atoms with Gasteiger partial charge in [-0.1, -0.05) is 0 Å². The predicted molar refractivity (Wildman–Crippen MR) is 59.2 cm³/mol. The van der Waals surface area contributed by atoms with E-state index in [0.29, 0.717) is 0 Å². The summed E-state index contributed by atoms with van der Waals surface area (Å²) in [5, 5.41) is 12.8. The number of hydrogen-bond acceptors (Lipinski definition) is 3. The minimum absolute atomic E-state index is 0.170. The summed E-state index contributed by atoms with van der Waals surface area (Å²) in [7, 11) is 0. The molecule has 0 spiro atoms. The highest BCUT2D eigenvalue weighted by molar-refractivity contribution is 9.10. The van der Waals surface area contributed by atoms with Crippen molar-refractivity contribution in [1.29, 1.82) is 0 Å². The molecule has 1 aromatic heterocycles. The minimum atomic E-state index is -0.222. The molecule has 0 amide bonds. The van der Waals surface area contributed by atoms with E-state index in [1.54, 1.807) is 6.20 Å². The fourth-order valence-electron chi connectivity index (χ4n) is 1.76. The molecule has 1 aromatic rings. The van der Waals surface area contributed by atoms with Crippen molar-refractivity contribution in [2.24, 2.45) is 0 Å². The minimum Gasteiger partial charge on any atom is -0.391 e. The number of aliphatic hydroxyl groups excluding tert-OH is 1. The topological polar surface area (TPSA) is 45.1 Å². The first kappa shape index (κ1) is 9.93. The van der Waals surface area contributed by atoms with Gasteiger partial charge in [-0.2, -0.15) is 0 Å². The summed E-state index contributed by atoms with van der Waals surface area (Å²) in [4.78, 5) is 4.21. The van der Waals surface area contributed by atoms with Gasteiger partial charge in [0.2, 0.25) is 0 Å². The van der Waals surface area contributed by atoms with Crippen LogP contribution in [0.25, 0.3) is 0 Å². The molecule has 0 aromatic carbocycles. The van der Waals surface area contributed by atoms with Crippen LogP contribution in [0, 0.1) is 0 Å². The van der Waals surface area contributed by atoms with Crippen molar-refractivity contribution in [2.45, 2.75) is 31.4 Å². The van der Waals surface area contributed by atoms with Gasteiger partial charge in [0, 0.05) is 10.7 Å². The summed E-state index contributed by atoms with van der Waals surface area (Å²) in [6, 6.07) is 4.02. The average Bonchev–Trinajstić information content (AvgIpc) is 2.56. The zero-order chi connectivity index (χ0) is 9.97. The Morgan fingerprint density at radius 3 is 2.86 bits per heavy atom. The van der Waals surface area contributed by atoms with Crippen LogP contribution < -0.4 is 5.32 Å². The molecule has 0 saturated heterocycles. The number of hydrogen-bond donors (Lipinski definition) is 2. The number of rotatable bonds is 2. The Bertz CT molecular complexity index is 301. The summed E-state index contributed by atoms with van der Waals surface area (Å²) < 4.78 is 0.968. The Hall–Kier alpha value is -0.610. The second kappa shape index (κ2) is 4.28. The maximum absolute atomic E-state index is 9.61. The maximum Gasteiger partial charge on any atom is 0.126 e. The zero-order valence-electron chi connectivity index (χ0n) is 7.78. The van der Waals surface area contributed by atoms with Crippen LogP contribution in [-0.4, -0.2) is 22.2 Å². The van der Waals surface area contributed by atoms with Gasteiger partial charge in [0.15, 0.2) is 0 Å². The highest BCUT2D eigenvalue weighted by atomic mass is 79.9. The van der Waals surface area contributed by atoms with E-state index in [-0.39, 0.29) is 12.1 Å². The van der Waals surface area contributed by atoms with Crippen LogP contribution in [0.5, 0.6) is 0 Å². The quantitative estimate of drug-likeness (QED) is 0.853. The van der Waals surface area contributed by atoms with Crippen molar-refractivity contribution < 1.29 is 5.11 Å². The highest BCUT2D eigenvalue weighted by Gasteiger charge is 2.24. The lowest BCUT2D eigenvalue weighted by Gasteiger charge is -2.16. The molecule has 14 heavy (non-hydrogen) atoms. The van der Waals surface area contributed by atoms with Gasteiger partial charge in [-0.15, -0.1) is 0 Å². The Kier molecular flexibility index (Phi) is 3.03. The highest BCUT2D eigenvalue weighted by Crippen LogP contribution is 2.22. The number of nitrogens with one attached hydrogen (secondary N) is 1. The van der Waals surface area contributed by atoms with Crippen LogP contribution in [-0.2, 0) is 0 Å². The Morgan fingerprint density at radius 2 is 2.29 bits per heavy atom. The van der Waals surface area contributed by atoms with Crippen LogP contribution in [0.3, 0.4) is 0 Å². The van der Waals surface area contributed by atoms with E-state index in [1.807, 2.05) is 12.1 Å². The summed E-state index contributed by atoms with van der Waals surface area (Å²) in [6.45, 7) is 0. The molecule has 0 aliphatic heterocycles. The number of anilines is 1. The molecular formula is C10H13BrN2O. The molecular weight excluding hydrogens is 244 g/mol. The Labute approximate surface area is 91.7 Å². The predicted octanol–water partition coefficient (Wildman–Crippen LogP) is 2.17. The van der Waals surface area contributed by atoms with E-state index in [9.17, 15) is 5.11 Å². The number of halogens is 1. The lowest BCUT2D eigenvalue weighted by molar-refractivity contribution is 0.171. The molecule has 4 heteroatoms. The van der Waals surface area contributed by atoms with E-state index < -0.39 is 0 Å². The first-order valence-corrected chi connectivity index (χ1v) is 5.61. The molecule has 2 atom stereocenters. The van der Waals surface area contributed by atoms with Gasteiger partial charge in [-0.3, -0.25) is 0 Å². The van der Waals surface area contributed by atoms with Crippen molar-refractivity contribution in [3.63, 3.8) is 0 Å². The van der Waals surface area contributed by atoms with Crippen LogP contribution in [0.2, 0.25) is 0 Å². The number of pyridine rings is 1. The molecule has 76 valence electrons. The maximum atomic E-state index is 9.61. The first-order chi connectivity index (χ1) is 6.75. The van der Waals surface area contributed by atoms with Gasteiger partial charge in [-0.25, -0.2) is 4.98 Å². The second-order valence-corrected chi connectivity index (χ2v) is 4.53. The van der Waals surface area contributed by atoms with Gasteiger partial charge >= 0.3 is 0 Å². The van der Waals surface area contributed by atoms with Gasteiger partial charge in [-0.05, 0) is 47.3 Å². The normalized spacial score (nSPS) is 26.4. The van der Waals surface area contributed by atoms with Gasteiger partial charge < -0.3 is 10.4 Å². The number of aromatic nitrogens is 1. The molecule has 0 radical (unpaired) electrons. The fraction of sp³-hybridized carbons (Fsp3) is 0.500. The molecule has 1 heterocycles. The van der Waals surface area contributed by atoms with Crippen molar-refractivity contribution in [2.75, 3.05) is 5.32 Å². The van der Waals surface area contributed by atoms with Crippen molar-refractivity contribution in [3.8, 4) is 0 Å². The third kappa shape index (κ3) is 2.25. The average molecular weight is 257 g/mol. The van der Waals surface area contributed by atoms with E-state index in [0.717, 1.165) is 29.6 Å². The van der Waals surface area contributed by atoms with Crippen LogP contribution in [0.15, 0.2) is 22.8 Å². The van der Waals surface area contributed by atoms with E-state index in [4.69, 9.17) is 0 Å². The molecule has 2 N–H and O–H groups in total. The third-order valence-electron chi connectivity index (χ3n) is 2.54. The smallest absolute Gasteiger partial charge is 0.126 e. The van der Waals surface area contributed by atoms with E-state index in [1.165, 1.54) is 0 Å². The van der Waals surface area contributed by atoms with Gasteiger partial charge in [0.1, 0.15) is 5.82 Å². The monoisotopic (exact) mass is 256 g/mol. The van der Waals surface area contributed by atoms with Crippen LogP contribution in [0.4, 0.5) is 5.82 Å². The van der Waals surface area contributed by atoms with Crippen molar-refractivity contribution in [1.82, 2.24) is 4.98 Å². The first-order valence-electron chi connectivity index (χ1n) is 4.82. The van der Waals surface area contributed by atoms with E-state index in [2.05, 4.69) is 26.2 Å². The summed E-state index contributed by atoms with van der Waals surface area (Å²) in [6.07, 6.45) is 4.55. The lowest BCUT2D eigenvalue weighted by atomic mass is 10.2. The molecule has 1 aliphatic rings. The van der Waals surface area contributed by atoms with Gasteiger partial charge in [0.25, 0.3) is 0 Å². The molecule has 2 rings (SSSR count). The molecule has 1 fully saturated rings. The Balaban J connectivity index is 2.00. The summed E-state index contributed by atoms with van der Waals surface area (Å²) in [5.74, 6) is 0.833. The number of aliphatic hydroxyl groups is 1. The van der Waals surface area contributed by atoms with Crippen LogP contribution >= 0.6 is 15.9 Å². The fourth-order valence-corrected chi connectivity index (χ4v) is 1.99. The molecule has 1 saturated carbocycles. The zero-order valence-corrected chi connectivity index (χ0v) is 9.37. The molecule has 0 unspecified atom stereocenters. The van der Waals surface area contributed by atoms with E-state index >= 15 is 0 Å². The summed E-state index contributed by atoms with van der Waals surface area (Å²) in [5.41, 5.74) is 0.